The number of carbonyl (C=O) groups is 10. The molecule has 6 heterocycles. The van der Waals surface area contributed by atoms with Crippen LogP contribution in [0.3, 0.4) is 0 Å². The van der Waals surface area contributed by atoms with Gasteiger partial charge in [-0.2, -0.15) is 18.5 Å². The van der Waals surface area contributed by atoms with E-state index in [9.17, 15) is 56.4 Å². The van der Waals surface area contributed by atoms with Gasteiger partial charge in [0.25, 0.3) is 35.8 Å². The predicted octanol–water partition coefficient (Wildman–Crippen LogP) is 8.75. The van der Waals surface area contributed by atoms with E-state index in [1.807, 2.05) is 57.4 Å². The molecule has 2 aliphatic heterocycles. The molecular formula is C80H112N16O24S3+2. The SMILES string of the molecule is C[n+]1cn(CCCNC(=O)OC(C)(C)C)cc1-c1ccc(OC[C@H](O/N=C(\C(=O)N[C@@H]2C(=O)N(OS(=O)(=O)ON3C(=O)[C@@H](NC(=O)/C(=N\O[C@@H](COc4ccc(-c5cn(CCCNC(=O)OC(C)(C)C)c[n+]5C)cc4)C(=O)OC(C)(C)C)c4csc(NC(=O)OC(C)(C)C)n4)C3(C)C)C2(C)C)c2csc(NC(=O)OC(C)(C)C)n2)C(=O)OC(C)(C)C)cc1. The highest BCUT2D eigenvalue weighted by Crippen LogP contribution is 2.38. The van der Waals surface area contributed by atoms with Crippen LogP contribution in [0.1, 0.15) is 177 Å². The fraction of sp³-hybridized carbons (Fsp3) is 0.550. The number of hydrogen-bond donors (Lipinski definition) is 6. The molecule has 0 bridgehead atoms. The number of hydrogen-bond acceptors (Lipinski definition) is 30. The highest BCUT2D eigenvalue weighted by Gasteiger charge is 2.62. The first-order valence-electron chi connectivity index (χ1n) is 39.1. The van der Waals surface area contributed by atoms with Gasteiger partial charge in [-0.15, -0.1) is 31.2 Å². The molecule has 672 valence electrons. The summed E-state index contributed by atoms with van der Waals surface area (Å²) in [4.78, 5) is 156. The highest BCUT2D eigenvalue weighted by atomic mass is 32.3. The fourth-order valence-electron chi connectivity index (χ4n) is 11.4. The van der Waals surface area contributed by atoms with Crippen molar-refractivity contribution in [2.24, 2.45) is 24.4 Å². The molecule has 0 aliphatic carbocycles. The average molecular weight is 1780 g/mol. The van der Waals surface area contributed by atoms with Crippen LogP contribution in [-0.2, 0) is 113 Å². The third-order valence-corrected chi connectivity index (χ3v) is 19.0. The van der Waals surface area contributed by atoms with Gasteiger partial charge in [0.15, 0.2) is 33.1 Å². The van der Waals surface area contributed by atoms with E-state index in [0.29, 0.717) is 49.1 Å². The summed E-state index contributed by atoms with van der Waals surface area (Å²) in [7, 11) is -1.75. The number of ether oxygens (including phenoxy) is 8. The van der Waals surface area contributed by atoms with E-state index >= 15 is 0 Å². The number of thiazole rings is 2. The van der Waals surface area contributed by atoms with Crippen LogP contribution in [-0.4, -0.2) is 204 Å². The number of nitrogens with one attached hydrogen (secondary N) is 6. The number of rotatable bonds is 34. The van der Waals surface area contributed by atoms with Crippen LogP contribution in [0.15, 0.2) is 94.7 Å². The molecule has 2 fully saturated rings. The van der Waals surface area contributed by atoms with Crippen molar-refractivity contribution in [3.8, 4) is 34.0 Å². The Bertz CT molecular complexity index is 4710. The number of alkyl carbamates (subject to hydrolysis) is 2. The molecule has 0 spiro atoms. The predicted molar refractivity (Wildman–Crippen MR) is 446 cm³/mol. The molecule has 2 aliphatic rings. The Hall–Kier alpha value is -11.6. The Kier molecular flexibility index (Phi) is 30.6. The van der Waals surface area contributed by atoms with Crippen molar-refractivity contribution >= 4 is 115 Å². The van der Waals surface area contributed by atoms with Crippen molar-refractivity contribution in [2.75, 3.05) is 36.9 Å². The first-order valence-corrected chi connectivity index (χ1v) is 42.2. The van der Waals surface area contributed by atoms with Gasteiger partial charge < -0.3 is 68.8 Å². The topological polar surface area (TPSA) is 462 Å². The lowest BCUT2D eigenvalue weighted by atomic mass is 9.84. The largest absolute Gasteiger partial charge is 0.489 e. The quantitative estimate of drug-likeness (QED) is 0.00418. The number of carbonyl (C=O) groups excluding carboxylic acids is 10. The molecule has 8 amide bonds. The number of oxime groups is 2. The van der Waals surface area contributed by atoms with Crippen molar-refractivity contribution in [1.82, 2.24) is 50.5 Å². The summed E-state index contributed by atoms with van der Waals surface area (Å²) in [6.07, 6.45) is 2.71. The zero-order valence-corrected chi connectivity index (χ0v) is 76.0. The summed E-state index contributed by atoms with van der Waals surface area (Å²) in [6, 6.07) is 10.5. The number of hydroxylamine groups is 4. The summed E-state index contributed by atoms with van der Waals surface area (Å²) < 4.78 is 91.0. The molecule has 43 heteroatoms. The number of benzene rings is 2. The molecule has 2 aromatic carbocycles. The van der Waals surface area contributed by atoms with E-state index in [4.69, 9.17) is 56.1 Å². The van der Waals surface area contributed by atoms with Crippen LogP contribution in [0.4, 0.5) is 29.4 Å². The monoisotopic (exact) mass is 1780 g/mol. The number of aromatic nitrogens is 6. The van der Waals surface area contributed by atoms with Gasteiger partial charge in [0.1, 0.15) is 94.2 Å². The van der Waals surface area contributed by atoms with E-state index in [2.05, 4.69) is 52.2 Å². The molecule has 6 N–H and O–H groups in total. The third kappa shape index (κ3) is 28.8. The first kappa shape index (κ1) is 96.9. The normalized spacial score (nSPS) is 16.1. The van der Waals surface area contributed by atoms with Gasteiger partial charge in [0, 0.05) is 47.8 Å². The van der Waals surface area contributed by atoms with Gasteiger partial charge in [-0.05, 0) is 201 Å². The van der Waals surface area contributed by atoms with Crippen LogP contribution >= 0.6 is 22.7 Å². The van der Waals surface area contributed by atoms with E-state index in [0.717, 1.165) is 45.2 Å². The molecule has 0 saturated carbocycles. The first-order chi connectivity index (χ1) is 56.8. The van der Waals surface area contributed by atoms with Crippen LogP contribution in [0.25, 0.3) is 22.5 Å². The number of nitrogens with zero attached hydrogens (tertiary/aromatic N) is 10. The van der Waals surface area contributed by atoms with E-state index in [1.165, 1.54) is 38.5 Å². The second kappa shape index (κ2) is 38.9. The smallest absolute Gasteiger partial charge is 0.442 e. The molecule has 6 aromatic rings. The zero-order valence-electron chi connectivity index (χ0n) is 73.5. The number of imidazole rings is 2. The minimum absolute atomic E-state index is 0.0906. The van der Waals surface area contributed by atoms with Crippen molar-refractivity contribution in [2.45, 2.75) is 247 Å². The van der Waals surface area contributed by atoms with Gasteiger partial charge in [0.05, 0.1) is 38.3 Å². The highest BCUT2D eigenvalue weighted by molar-refractivity contribution is 7.81. The molecule has 8 rings (SSSR count). The van der Waals surface area contributed by atoms with Crippen molar-refractivity contribution in [3.63, 3.8) is 0 Å². The Morgan fingerprint density at radius 2 is 0.805 bits per heavy atom. The second-order valence-corrected chi connectivity index (χ2v) is 38.4. The summed E-state index contributed by atoms with van der Waals surface area (Å²) in [5.41, 5.74) is -7.44. The lowest BCUT2D eigenvalue weighted by Crippen LogP contribution is -2.78. The van der Waals surface area contributed by atoms with E-state index < -0.39 is 164 Å². The van der Waals surface area contributed by atoms with Gasteiger partial charge in [-0.3, -0.25) is 29.8 Å². The minimum Gasteiger partial charge on any atom is -0.489 e. The molecule has 40 nitrogen and oxygen atoms in total. The Morgan fingerprint density at radius 3 is 1.11 bits per heavy atom. The van der Waals surface area contributed by atoms with Gasteiger partial charge >= 0.3 is 46.7 Å². The zero-order chi connectivity index (χ0) is 91.5. The maximum absolute atomic E-state index is 14.7. The number of anilines is 2. The molecule has 0 radical (unpaired) electrons. The molecule has 123 heavy (non-hydrogen) atoms. The van der Waals surface area contributed by atoms with Crippen LogP contribution in [0.2, 0.25) is 0 Å². The summed E-state index contributed by atoms with van der Waals surface area (Å²) >= 11 is 1.66. The lowest BCUT2D eigenvalue weighted by Gasteiger charge is -2.52. The van der Waals surface area contributed by atoms with E-state index in [-0.39, 0.29) is 33.1 Å². The van der Waals surface area contributed by atoms with E-state index in [1.54, 1.807) is 173 Å². The fourth-order valence-corrected chi connectivity index (χ4v) is 13.7. The van der Waals surface area contributed by atoms with Crippen LogP contribution in [0, 0.1) is 0 Å². The van der Waals surface area contributed by atoms with Gasteiger partial charge in [-0.1, -0.05) is 10.3 Å². The molecule has 0 unspecified atom stereocenters. The average Bonchev–Trinajstić information content (AvgIpc) is 1.21. The van der Waals surface area contributed by atoms with Crippen LogP contribution < -0.4 is 50.5 Å². The summed E-state index contributed by atoms with van der Waals surface area (Å²) in [5.74, 6) is -6.12. The van der Waals surface area contributed by atoms with Gasteiger partial charge in [-0.25, -0.2) is 57.0 Å². The Balaban J connectivity index is 0.954. The summed E-state index contributed by atoms with van der Waals surface area (Å²) in [5, 5.41) is 26.7. The maximum atomic E-state index is 14.7. The number of aryl methyl sites for hydroxylation is 4. The third-order valence-electron chi connectivity index (χ3n) is 16.9. The minimum atomic E-state index is -5.50. The summed E-state index contributed by atoms with van der Waals surface area (Å²) in [6.45, 7) is 36.2. The Labute approximate surface area is 721 Å². The molecule has 4 aromatic heterocycles. The number of esters is 2. The number of amides is 8. The second-order valence-electron chi connectivity index (χ2n) is 35.6. The van der Waals surface area contributed by atoms with Crippen molar-refractivity contribution in [1.29, 1.82) is 0 Å². The standard InChI is InChI=1S/C80H110N16O24S3/c1-73(2,3)111-65(101)55(41-109-49-31-27-47(28-32-49)53-39-93(45-91(53)23)37-25-35-81-69(103)113-75(7,8)9)117-89-57(51-43-121-67(83-51)87-71(105)115-77(13,14)15)61(97)85-59-63(99)95(79(59,19)20)119-123(107,108)120-96-64(100)60(80(96,21)22)86-62(98)58(52-44-122-68(84-52)88-72(106)116-78(16,17)18)90-118-56(66(102)112-74(4,5)6)42-110-50-33-29-48(30-34-50)54-40-94(46-92(54)24)38-26-36-82-70(104)114-76(10,11)12/h27-34,39-40,43-46,55-56,59-60H,25-26,35-38,41-42H2,1-24H3,(H4-2,81,82,83,84,85,86,87,88,97,98,103,104,105,106)/p+2/b89-57-,90-58-/t55-,56-,59+,60+/m0/s1. The van der Waals surface area contributed by atoms with Gasteiger partial charge in [0.2, 0.25) is 12.7 Å². The maximum Gasteiger partial charge on any atom is 0.442 e. The van der Waals surface area contributed by atoms with Crippen molar-refractivity contribution < 1.29 is 122 Å². The van der Waals surface area contributed by atoms with Crippen LogP contribution in [0.5, 0.6) is 11.5 Å². The lowest BCUT2D eigenvalue weighted by molar-refractivity contribution is -0.660. The Morgan fingerprint density at radius 1 is 0.488 bits per heavy atom. The number of β-lactam (4-membered cyclic amide) rings is 2. The molecular weight excluding hydrogens is 1670 g/mol. The van der Waals surface area contributed by atoms with Crippen molar-refractivity contribution in [3.05, 3.63) is 95.7 Å². The molecule has 4 atom stereocenters. The molecule has 2 saturated heterocycles.